The third-order valence-corrected chi connectivity index (χ3v) is 6.70. The van der Waals surface area contributed by atoms with E-state index in [-0.39, 0.29) is 11.4 Å². The van der Waals surface area contributed by atoms with E-state index in [2.05, 4.69) is 52.7 Å². The Morgan fingerprint density at radius 2 is 2.14 bits per heavy atom. The van der Waals surface area contributed by atoms with Crippen LogP contribution in [0.3, 0.4) is 0 Å². The van der Waals surface area contributed by atoms with Gasteiger partial charge in [0.25, 0.3) is 5.91 Å². The zero-order valence-corrected chi connectivity index (χ0v) is 17.0. The van der Waals surface area contributed by atoms with Crippen molar-refractivity contribution < 1.29 is 4.79 Å². The molecule has 0 N–H and O–H groups in total. The van der Waals surface area contributed by atoms with Gasteiger partial charge in [0, 0.05) is 32.0 Å². The summed E-state index contributed by atoms with van der Waals surface area (Å²) in [5, 5.41) is 1.97. The first-order chi connectivity index (χ1) is 13.6. The molecular weight excluding hydrogens is 368 g/mol. The van der Waals surface area contributed by atoms with E-state index in [9.17, 15) is 4.79 Å². The minimum absolute atomic E-state index is 0.145. The summed E-state index contributed by atoms with van der Waals surface area (Å²) < 4.78 is 2.21. The minimum Gasteiger partial charge on any atom is -0.355 e. The number of carbonyl (C=O) groups is 1. The van der Waals surface area contributed by atoms with Crippen molar-refractivity contribution >= 4 is 22.9 Å². The number of aromatic nitrogens is 2. The van der Waals surface area contributed by atoms with Crippen molar-refractivity contribution in [3.05, 3.63) is 64.7 Å². The Labute approximate surface area is 169 Å². The van der Waals surface area contributed by atoms with Crippen LogP contribution < -0.4 is 4.90 Å². The molecule has 0 aromatic carbocycles. The van der Waals surface area contributed by atoms with Crippen LogP contribution in [-0.4, -0.2) is 40.0 Å². The van der Waals surface area contributed by atoms with Crippen LogP contribution in [0, 0.1) is 5.92 Å². The summed E-state index contributed by atoms with van der Waals surface area (Å²) >= 11 is 1.52. The number of thiophene rings is 1. The second-order valence-corrected chi connectivity index (χ2v) is 9.05. The number of likely N-dealkylation sites (tertiary alicyclic amines) is 1. The zero-order chi connectivity index (χ0) is 19.3. The summed E-state index contributed by atoms with van der Waals surface area (Å²) in [6.45, 7) is 6.91. The van der Waals surface area contributed by atoms with E-state index in [1.807, 2.05) is 34.7 Å². The van der Waals surface area contributed by atoms with Gasteiger partial charge >= 0.3 is 0 Å². The molecule has 1 saturated heterocycles. The predicted molar refractivity (Wildman–Crippen MR) is 112 cm³/mol. The number of pyridine rings is 1. The van der Waals surface area contributed by atoms with Crippen molar-refractivity contribution in [1.29, 1.82) is 0 Å². The quantitative estimate of drug-likeness (QED) is 0.672. The Bertz CT molecular complexity index is 1010. The molecule has 3 aromatic rings. The largest absolute Gasteiger partial charge is 0.355 e. The smallest absolute Gasteiger partial charge is 0.264 e. The van der Waals surface area contributed by atoms with E-state index in [0.29, 0.717) is 12.5 Å². The van der Waals surface area contributed by atoms with Gasteiger partial charge in [-0.05, 0) is 48.1 Å². The first kappa shape index (κ1) is 17.5. The molecule has 144 valence electrons. The Kier molecular flexibility index (Phi) is 4.05. The van der Waals surface area contributed by atoms with Crippen molar-refractivity contribution in [1.82, 2.24) is 14.5 Å². The average Bonchev–Trinajstić information content (AvgIpc) is 3.45. The first-order valence-electron chi connectivity index (χ1n) is 9.84. The summed E-state index contributed by atoms with van der Waals surface area (Å²) in [6.07, 6.45) is 4.88. The molecule has 1 atom stereocenters. The third kappa shape index (κ3) is 2.51. The van der Waals surface area contributed by atoms with Crippen molar-refractivity contribution in [2.45, 2.75) is 25.8 Å². The topological polar surface area (TPSA) is 41.4 Å². The van der Waals surface area contributed by atoms with E-state index in [4.69, 9.17) is 0 Å². The summed E-state index contributed by atoms with van der Waals surface area (Å²) in [7, 11) is 0. The molecule has 1 amide bonds. The van der Waals surface area contributed by atoms with E-state index in [1.165, 1.54) is 17.0 Å². The maximum atomic E-state index is 13.1. The summed E-state index contributed by atoms with van der Waals surface area (Å²) in [6, 6.07) is 12.3. The van der Waals surface area contributed by atoms with Gasteiger partial charge in [-0.3, -0.25) is 4.79 Å². The van der Waals surface area contributed by atoms with Gasteiger partial charge in [-0.1, -0.05) is 19.9 Å². The molecule has 0 saturated carbocycles. The maximum Gasteiger partial charge on any atom is 0.264 e. The van der Waals surface area contributed by atoms with Gasteiger partial charge in [0.05, 0.1) is 16.3 Å². The standard InChI is InChI=1S/C22H24N4OS/c1-16(2)14-26-17-6-3-10-23-20(17)25-11-4-8-19(25)22(26)9-12-24(15-22)21(27)18-7-5-13-28-18/h3-8,10-11,13,16H,9,12,14-15H2,1-2H3/t22-/m1/s1. The molecule has 0 bridgehead atoms. The molecule has 6 heteroatoms. The first-order valence-corrected chi connectivity index (χ1v) is 10.7. The fourth-order valence-electron chi connectivity index (χ4n) is 4.69. The second-order valence-electron chi connectivity index (χ2n) is 8.10. The van der Waals surface area contributed by atoms with Crippen LogP contribution in [0.5, 0.6) is 0 Å². The lowest BCUT2D eigenvalue weighted by Crippen LogP contribution is -2.53. The monoisotopic (exact) mass is 392 g/mol. The number of nitrogens with zero attached hydrogens (tertiary/aromatic N) is 4. The number of fused-ring (bicyclic) bond motifs is 4. The second kappa shape index (κ2) is 6.48. The van der Waals surface area contributed by atoms with Crippen LogP contribution in [0.15, 0.2) is 54.2 Å². The minimum atomic E-state index is -0.212. The lowest BCUT2D eigenvalue weighted by atomic mass is 9.88. The van der Waals surface area contributed by atoms with Crippen LogP contribution in [0.2, 0.25) is 0 Å². The highest BCUT2D eigenvalue weighted by Gasteiger charge is 2.50. The van der Waals surface area contributed by atoms with E-state index in [0.717, 1.165) is 35.9 Å². The van der Waals surface area contributed by atoms with Crippen LogP contribution in [0.4, 0.5) is 5.69 Å². The van der Waals surface area contributed by atoms with Gasteiger partial charge in [-0.2, -0.15) is 0 Å². The molecule has 0 radical (unpaired) electrons. The van der Waals surface area contributed by atoms with Gasteiger partial charge in [0.2, 0.25) is 0 Å². The summed E-state index contributed by atoms with van der Waals surface area (Å²) in [4.78, 5) is 23.1. The molecule has 2 aliphatic heterocycles. The number of rotatable bonds is 3. The molecule has 5 heterocycles. The van der Waals surface area contributed by atoms with Crippen LogP contribution in [0.1, 0.15) is 35.6 Å². The number of carbonyl (C=O) groups excluding carboxylic acids is 1. The van der Waals surface area contributed by atoms with E-state index < -0.39 is 0 Å². The highest BCUT2D eigenvalue weighted by Crippen LogP contribution is 2.47. The number of anilines is 1. The van der Waals surface area contributed by atoms with Gasteiger partial charge in [0.15, 0.2) is 5.82 Å². The van der Waals surface area contributed by atoms with Gasteiger partial charge in [0.1, 0.15) is 5.54 Å². The van der Waals surface area contributed by atoms with Crippen molar-refractivity contribution in [2.75, 3.05) is 24.5 Å². The van der Waals surface area contributed by atoms with Gasteiger partial charge < -0.3 is 14.4 Å². The molecule has 1 spiro atoms. The molecule has 0 aliphatic carbocycles. The molecule has 28 heavy (non-hydrogen) atoms. The molecule has 1 fully saturated rings. The molecule has 5 nitrogen and oxygen atoms in total. The number of hydrogen-bond donors (Lipinski definition) is 0. The van der Waals surface area contributed by atoms with Crippen molar-refractivity contribution in [3.8, 4) is 5.82 Å². The predicted octanol–water partition coefficient (Wildman–Crippen LogP) is 4.15. The Balaban J connectivity index is 1.60. The normalized spacial score (nSPS) is 20.7. The highest BCUT2D eigenvalue weighted by atomic mass is 32.1. The Morgan fingerprint density at radius 3 is 2.93 bits per heavy atom. The lowest BCUT2D eigenvalue weighted by Gasteiger charge is -2.47. The average molecular weight is 393 g/mol. The maximum absolute atomic E-state index is 13.1. The molecule has 2 aliphatic rings. The van der Waals surface area contributed by atoms with Gasteiger partial charge in [-0.25, -0.2) is 4.98 Å². The number of hydrogen-bond acceptors (Lipinski definition) is 4. The van der Waals surface area contributed by atoms with Crippen molar-refractivity contribution in [2.24, 2.45) is 5.92 Å². The van der Waals surface area contributed by atoms with E-state index in [1.54, 1.807) is 0 Å². The van der Waals surface area contributed by atoms with Crippen LogP contribution >= 0.6 is 11.3 Å². The van der Waals surface area contributed by atoms with E-state index >= 15 is 0 Å². The molecular formula is C22H24N4OS. The highest BCUT2D eigenvalue weighted by molar-refractivity contribution is 7.12. The Morgan fingerprint density at radius 1 is 1.25 bits per heavy atom. The van der Waals surface area contributed by atoms with Crippen molar-refractivity contribution in [3.63, 3.8) is 0 Å². The SMILES string of the molecule is CC(C)CN1c2cccnc2-n2cccc2[C@]12CCN(C(=O)c1cccs1)C2. The Hall–Kier alpha value is -2.60. The fraction of sp³-hybridized carbons (Fsp3) is 0.364. The molecule has 5 rings (SSSR count). The zero-order valence-electron chi connectivity index (χ0n) is 16.2. The van der Waals surface area contributed by atoms with Gasteiger partial charge in [-0.15, -0.1) is 11.3 Å². The molecule has 0 unspecified atom stereocenters. The van der Waals surface area contributed by atoms with Crippen LogP contribution in [0.25, 0.3) is 5.82 Å². The lowest BCUT2D eigenvalue weighted by molar-refractivity contribution is 0.0786. The summed E-state index contributed by atoms with van der Waals surface area (Å²) in [5.41, 5.74) is 2.18. The van der Waals surface area contributed by atoms with Crippen LogP contribution in [-0.2, 0) is 5.54 Å². The molecule has 3 aromatic heterocycles. The summed E-state index contributed by atoms with van der Waals surface area (Å²) in [5.74, 6) is 1.64. The fourth-order valence-corrected chi connectivity index (χ4v) is 5.38. The third-order valence-electron chi connectivity index (χ3n) is 5.84. The number of amides is 1.